The van der Waals surface area contributed by atoms with Crippen LogP contribution >= 0.6 is 0 Å². The zero-order chi connectivity index (χ0) is 18.3. The van der Waals surface area contributed by atoms with Crippen molar-refractivity contribution in [3.63, 3.8) is 0 Å². The zero-order valence-corrected chi connectivity index (χ0v) is 13.9. The average Bonchev–Trinajstić information content (AvgIpc) is 2.49. The maximum Gasteiger partial charge on any atom is 0.573 e. The van der Waals surface area contributed by atoms with E-state index < -0.39 is 6.36 Å². The summed E-state index contributed by atoms with van der Waals surface area (Å²) in [6.45, 7) is 7.63. The Hall–Kier alpha value is -2.57. The van der Waals surface area contributed by atoms with Crippen molar-refractivity contribution in [1.82, 2.24) is 0 Å². The molecule has 1 rings (SSSR count). The molecular weight excluding hydrogens is 321 g/mol. The third-order valence-electron chi connectivity index (χ3n) is 2.74. The van der Waals surface area contributed by atoms with E-state index in [4.69, 9.17) is 4.74 Å². The first-order valence-electron chi connectivity index (χ1n) is 6.96. The molecule has 1 aromatic carbocycles. The predicted octanol–water partition coefficient (Wildman–Crippen LogP) is 4.64. The summed E-state index contributed by atoms with van der Waals surface area (Å²) in [6, 6.07) is 5.26. The SMILES string of the molecule is C=C(N=C(OC)C(C=C(C)C)=NC)c1ccc(OC(F)(F)F)cc1. The lowest BCUT2D eigenvalue weighted by Crippen LogP contribution is -2.17. The summed E-state index contributed by atoms with van der Waals surface area (Å²) in [6.07, 6.45) is -2.92. The minimum absolute atomic E-state index is 0.263. The molecule has 0 unspecified atom stereocenters. The fraction of sp³-hybridized carbons (Fsp3) is 0.294. The van der Waals surface area contributed by atoms with Gasteiger partial charge in [0.1, 0.15) is 11.5 Å². The van der Waals surface area contributed by atoms with Crippen molar-refractivity contribution < 1.29 is 22.6 Å². The van der Waals surface area contributed by atoms with E-state index in [1.165, 1.54) is 31.4 Å². The molecule has 0 radical (unpaired) electrons. The molecular formula is C17H19F3N2O2. The summed E-state index contributed by atoms with van der Waals surface area (Å²) in [7, 11) is 3.06. The molecule has 0 atom stereocenters. The Bertz CT molecular complexity index is 668. The van der Waals surface area contributed by atoms with E-state index in [1.807, 2.05) is 13.8 Å². The van der Waals surface area contributed by atoms with Gasteiger partial charge in [0.2, 0.25) is 5.90 Å². The second-order valence-electron chi connectivity index (χ2n) is 4.97. The highest BCUT2D eigenvalue weighted by Crippen LogP contribution is 2.24. The highest BCUT2D eigenvalue weighted by Gasteiger charge is 2.30. The minimum atomic E-state index is -4.73. The van der Waals surface area contributed by atoms with Crippen LogP contribution in [-0.2, 0) is 4.74 Å². The van der Waals surface area contributed by atoms with E-state index in [1.54, 1.807) is 13.1 Å². The van der Waals surface area contributed by atoms with Gasteiger partial charge in [0.15, 0.2) is 0 Å². The number of alkyl halides is 3. The molecule has 0 amide bonds. The Kier molecular flexibility index (Phi) is 6.76. The maximum atomic E-state index is 12.2. The molecule has 0 heterocycles. The van der Waals surface area contributed by atoms with Crippen molar-refractivity contribution in [3.05, 3.63) is 48.1 Å². The lowest BCUT2D eigenvalue weighted by atomic mass is 10.1. The molecule has 0 saturated carbocycles. The van der Waals surface area contributed by atoms with Gasteiger partial charge in [0, 0.05) is 7.05 Å². The number of benzene rings is 1. The van der Waals surface area contributed by atoms with E-state index in [0.29, 0.717) is 17.0 Å². The monoisotopic (exact) mass is 340 g/mol. The zero-order valence-electron chi connectivity index (χ0n) is 13.9. The van der Waals surface area contributed by atoms with Gasteiger partial charge in [-0.15, -0.1) is 13.2 Å². The van der Waals surface area contributed by atoms with Gasteiger partial charge in [-0.05, 0) is 49.8 Å². The summed E-state index contributed by atoms with van der Waals surface area (Å²) in [5.74, 6) is -0.0466. The van der Waals surface area contributed by atoms with Crippen molar-refractivity contribution in [2.45, 2.75) is 20.2 Å². The van der Waals surface area contributed by atoms with Gasteiger partial charge in [0.25, 0.3) is 0 Å². The summed E-state index contributed by atoms with van der Waals surface area (Å²) in [5, 5.41) is 0. The summed E-state index contributed by atoms with van der Waals surface area (Å²) in [5.41, 5.74) is 2.41. The molecule has 0 fully saturated rings. The molecule has 0 aromatic heterocycles. The van der Waals surface area contributed by atoms with Crippen LogP contribution in [0, 0.1) is 0 Å². The van der Waals surface area contributed by atoms with Crippen LogP contribution in [0.5, 0.6) is 5.75 Å². The van der Waals surface area contributed by atoms with Gasteiger partial charge < -0.3 is 9.47 Å². The van der Waals surface area contributed by atoms with Gasteiger partial charge in [0.05, 0.1) is 12.8 Å². The first-order valence-corrected chi connectivity index (χ1v) is 6.96. The van der Waals surface area contributed by atoms with Crippen molar-refractivity contribution in [1.29, 1.82) is 0 Å². The van der Waals surface area contributed by atoms with Crippen LogP contribution < -0.4 is 4.74 Å². The largest absolute Gasteiger partial charge is 0.573 e. The number of hydrogen-bond donors (Lipinski definition) is 0. The third-order valence-corrected chi connectivity index (χ3v) is 2.74. The molecule has 0 spiro atoms. The van der Waals surface area contributed by atoms with Crippen molar-refractivity contribution in [3.8, 4) is 5.75 Å². The molecule has 24 heavy (non-hydrogen) atoms. The molecule has 0 saturated heterocycles. The molecule has 0 aliphatic rings. The highest BCUT2D eigenvalue weighted by atomic mass is 19.4. The molecule has 4 nitrogen and oxygen atoms in total. The van der Waals surface area contributed by atoms with Gasteiger partial charge >= 0.3 is 6.36 Å². The van der Waals surface area contributed by atoms with Crippen molar-refractivity contribution >= 4 is 17.3 Å². The number of rotatable bonds is 5. The Morgan fingerprint density at radius 3 is 2.17 bits per heavy atom. The summed E-state index contributed by atoms with van der Waals surface area (Å²) in [4.78, 5) is 8.35. The second kappa shape index (κ2) is 8.33. The van der Waals surface area contributed by atoms with Crippen LogP contribution in [0.25, 0.3) is 5.70 Å². The van der Waals surface area contributed by atoms with Crippen molar-refractivity contribution in [2.75, 3.05) is 14.2 Å². The number of methoxy groups -OCH3 is 1. The molecule has 0 aliphatic heterocycles. The fourth-order valence-corrected chi connectivity index (χ4v) is 1.74. The smallest absolute Gasteiger partial charge is 0.479 e. The van der Waals surface area contributed by atoms with Crippen LogP contribution in [0.4, 0.5) is 13.2 Å². The molecule has 7 heteroatoms. The van der Waals surface area contributed by atoms with Crippen LogP contribution in [0.3, 0.4) is 0 Å². The Balaban J connectivity index is 3.02. The lowest BCUT2D eigenvalue weighted by molar-refractivity contribution is -0.274. The van der Waals surface area contributed by atoms with Gasteiger partial charge in [-0.3, -0.25) is 4.99 Å². The van der Waals surface area contributed by atoms with Crippen LogP contribution in [0.1, 0.15) is 19.4 Å². The molecule has 130 valence electrons. The van der Waals surface area contributed by atoms with Crippen molar-refractivity contribution in [2.24, 2.45) is 9.98 Å². The molecule has 0 bridgehead atoms. The number of nitrogens with zero attached hydrogens (tertiary/aromatic N) is 2. The Morgan fingerprint density at radius 2 is 1.75 bits per heavy atom. The van der Waals surface area contributed by atoms with E-state index in [-0.39, 0.29) is 11.6 Å². The minimum Gasteiger partial charge on any atom is -0.479 e. The standard InChI is InChI=1S/C17H19F3N2O2/c1-11(2)10-15(21-4)16(23-5)22-12(3)13-6-8-14(9-7-13)24-17(18,19)20/h6-10H,3H2,1-2,4-5H3. The fourth-order valence-electron chi connectivity index (χ4n) is 1.74. The van der Waals surface area contributed by atoms with Crippen LogP contribution in [0.15, 0.2) is 52.5 Å². The molecule has 0 aliphatic carbocycles. The molecule has 1 aromatic rings. The number of allylic oxidation sites excluding steroid dienone is 1. The van der Waals surface area contributed by atoms with E-state index in [2.05, 4.69) is 21.3 Å². The van der Waals surface area contributed by atoms with Crippen LogP contribution in [0.2, 0.25) is 0 Å². The second-order valence-corrected chi connectivity index (χ2v) is 4.97. The van der Waals surface area contributed by atoms with Crippen LogP contribution in [-0.4, -0.2) is 32.1 Å². The topological polar surface area (TPSA) is 43.2 Å². The number of halogens is 3. The summed E-state index contributed by atoms with van der Waals surface area (Å²) < 4.78 is 45.5. The van der Waals surface area contributed by atoms with Gasteiger partial charge in [-0.25, -0.2) is 4.99 Å². The maximum absolute atomic E-state index is 12.2. The quantitative estimate of drug-likeness (QED) is 0.579. The number of hydrogen-bond acceptors (Lipinski definition) is 4. The van der Waals surface area contributed by atoms with Gasteiger partial charge in [-0.2, -0.15) is 0 Å². The number of ether oxygens (including phenoxy) is 2. The third kappa shape index (κ3) is 6.28. The normalized spacial score (nSPS) is 12.6. The van der Waals surface area contributed by atoms with E-state index in [0.717, 1.165) is 5.57 Å². The number of aliphatic imine (C=N–C) groups is 2. The van der Waals surface area contributed by atoms with E-state index >= 15 is 0 Å². The highest BCUT2D eigenvalue weighted by molar-refractivity contribution is 6.44. The first kappa shape index (κ1) is 19.5. The average molecular weight is 340 g/mol. The molecule has 0 N–H and O–H groups in total. The summed E-state index contributed by atoms with van der Waals surface area (Å²) >= 11 is 0. The van der Waals surface area contributed by atoms with E-state index in [9.17, 15) is 13.2 Å². The predicted molar refractivity (Wildman–Crippen MR) is 89.4 cm³/mol. The Labute approximate surface area is 139 Å². The Morgan fingerprint density at radius 1 is 1.17 bits per heavy atom. The van der Waals surface area contributed by atoms with Gasteiger partial charge in [-0.1, -0.05) is 12.2 Å². The lowest BCUT2D eigenvalue weighted by Gasteiger charge is -2.10. The first-order chi connectivity index (χ1) is 11.2.